The molecule has 5 nitrogen and oxygen atoms in total. The molecule has 2 bridgehead atoms. The summed E-state index contributed by atoms with van der Waals surface area (Å²) in [5.74, 6) is 1.03. The smallest absolute Gasteiger partial charge is 0.410 e. The summed E-state index contributed by atoms with van der Waals surface area (Å²) < 4.78 is 5.49. The molecule has 3 N–H and O–H groups in total. The van der Waals surface area contributed by atoms with E-state index in [2.05, 4.69) is 0 Å². The van der Waals surface area contributed by atoms with Crippen LogP contribution in [0, 0.1) is 11.8 Å². The molecular formula is C18H32N2O3. The monoisotopic (exact) mass is 324 g/mol. The van der Waals surface area contributed by atoms with Crippen LogP contribution in [0.5, 0.6) is 0 Å². The van der Waals surface area contributed by atoms with Crippen molar-refractivity contribution in [2.24, 2.45) is 17.6 Å². The predicted molar refractivity (Wildman–Crippen MR) is 89.0 cm³/mol. The second-order valence-corrected chi connectivity index (χ2v) is 9.00. The Balaban J connectivity index is 1.75. The molecule has 0 spiro atoms. The minimum atomic E-state index is -0.980. The van der Waals surface area contributed by atoms with E-state index >= 15 is 0 Å². The Bertz CT molecular complexity index is 467. The first-order valence-corrected chi connectivity index (χ1v) is 9.12. The van der Waals surface area contributed by atoms with E-state index in [0.29, 0.717) is 31.3 Å². The van der Waals surface area contributed by atoms with Gasteiger partial charge in [-0.3, -0.25) is 0 Å². The van der Waals surface area contributed by atoms with Gasteiger partial charge in [0.25, 0.3) is 0 Å². The van der Waals surface area contributed by atoms with Crippen molar-refractivity contribution in [1.82, 2.24) is 4.90 Å². The minimum Gasteiger partial charge on any atom is -0.444 e. The van der Waals surface area contributed by atoms with E-state index < -0.39 is 16.7 Å². The van der Waals surface area contributed by atoms with Crippen molar-refractivity contribution in [3.8, 4) is 0 Å². The Kier molecular flexibility index (Phi) is 4.16. The zero-order valence-corrected chi connectivity index (χ0v) is 14.8. The van der Waals surface area contributed by atoms with Gasteiger partial charge in [0.1, 0.15) is 11.2 Å². The first-order valence-electron chi connectivity index (χ1n) is 9.12. The number of hydrogen-bond acceptors (Lipinski definition) is 4. The first kappa shape index (κ1) is 17.0. The number of piperidine rings is 1. The van der Waals surface area contributed by atoms with Gasteiger partial charge in [0, 0.05) is 12.1 Å². The van der Waals surface area contributed by atoms with E-state index in [0.717, 1.165) is 25.7 Å². The summed E-state index contributed by atoms with van der Waals surface area (Å²) in [5.41, 5.74) is 4.77. The van der Waals surface area contributed by atoms with Crippen LogP contribution in [0.25, 0.3) is 0 Å². The Hall–Kier alpha value is -0.810. The molecule has 132 valence electrons. The number of amides is 1. The van der Waals surface area contributed by atoms with Gasteiger partial charge in [0.2, 0.25) is 0 Å². The highest BCUT2D eigenvalue weighted by atomic mass is 16.6. The highest BCUT2D eigenvalue weighted by Gasteiger charge is 2.58. The standard InChI is InChI=1S/C18H32N2O3/c1-16(2,3)23-15(21)20-10-4-9-17(22,12-20)18(19)11-13-5-7-14(18)8-6-13/h13-14,22H,4-12,19H2,1-3H3. The average Bonchev–Trinajstić information content (AvgIpc) is 2.46. The van der Waals surface area contributed by atoms with Crippen molar-refractivity contribution in [3.05, 3.63) is 0 Å². The van der Waals surface area contributed by atoms with Crippen LogP contribution < -0.4 is 5.73 Å². The second kappa shape index (κ2) is 5.62. The Labute approximate surface area is 139 Å². The van der Waals surface area contributed by atoms with Crippen molar-refractivity contribution < 1.29 is 14.6 Å². The highest BCUT2D eigenvalue weighted by molar-refractivity contribution is 5.68. The molecule has 4 fully saturated rings. The van der Waals surface area contributed by atoms with Crippen LogP contribution in [0.3, 0.4) is 0 Å². The van der Waals surface area contributed by atoms with E-state index in [1.165, 1.54) is 12.8 Å². The number of β-amino-alcohol motifs (C(OH)–C–C–N with tert-alkyl or cyclic N) is 1. The van der Waals surface area contributed by atoms with Gasteiger partial charge in [-0.1, -0.05) is 12.8 Å². The van der Waals surface area contributed by atoms with Gasteiger partial charge in [-0.2, -0.15) is 0 Å². The maximum absolute atomic E-state index is 12.4. The Morgan fingerprint density at radius 3 is 2.43 bits per heavy atom. The van der Waals surface area contributed by atoms with Gasteiger partial charge in [0.15, 0.2) is 0 Å². The Morgan fingerprint density at radius 2 is 1.91 bits per heavy atom. The van der Waals surface area contributed by atoms with Gasteiger partial charge >= 0.3 is 6.09 Å². The molecule has 2 atom stereocenters. The summed E-state index contributed by atoms with van der Waals surface area (Å²) in [7, 11) is 0. The maximum Gasteiger partial charge on any atom is 0.410 e. The van der Waals surface area contributed by atoms with E-state index in [1.807, 2.05) is 20.8 Å². The molecular weight excluding hydrogens is 292 g/mol. The van der Waals surface area contributed by atoms with Crippen LogP contribution in [0.15, 0.2) is 0 Å². The summed E-state index contributed by atoms with van der Waals surface area (Å²) in [5, 5.41) is 11.4. The molecule has 0 aromatic carbocycles. The fourth-order valence-corrected chi connectivity index (χ4v) is 4.99. The first-order chi connectivity index (χ1) is 10.6. The fourth-order valence-electron chi connectivity index (χ4n) is 4.99. The topological polar surface area (TPSA) is 75.8 Å². The van der Waals surface area contributed by atoms with Crippen LogP contribution in [0.4, 0.5) is 4.79 Å². The van der Waals surface area contributed by atoms with Gasteiger partial charge < -0.3 is 20.5 Å². The molecule has 0 radical (unpaired) electrons. The van der Waals surface area contributed by atoms with Crippen LogP contribution in [0.1, 0.15) is 65.7 Å². The third kappa shape index (κ3) is 3.10. The number of nitrogens with zero attached hydrogens (tertiary/aromatic N) is 1. The number of aliphatic hydroxyl groups is 1. The normalized spacial score (nSPS) is 41.0. The molecule has 5 heteroatoms. The highest BCUT2D eigenvalue weighted by Crippen LogP contribution is 2.52. The van der Waals surface area contributed by atoms with Gasteiger partial charge in [-0.25, -0.2) is 4.79 Å². The molecule has 1 amide bonds. The molecule has 1 saturated heterocycles. The van der Waals surface area contributed by atoms with Crippen LogP contribution in [-0.2, 0) is 4.74 Å². The lowest BCUT2D eigenvalue weighted by molar-refractivity contribution is -0.136. The van der Waals surface area contributed by atoms with Crippen molar-refractivity contribution in [1.29, 1.82) is 0 Å². The lowest BCUT2D eigenvalue weighted by Gasteiger charge is -2.59. The fraction of sp³-hybridized carbons (Fsp3) is 0.944. The predicted octanol–water partition coefficient (Wildman–Crippen LogP) is 2.66. The maximum atomic E-state index is 12.4. The second-order valence-electron chi connectivity index (χ2n) is 9.00. The van der Waals surface area contributed by atoms with Crippen LogP contribution >= 0.6 is 0 Å². The van der Waals surface area contributed by atoms with Crippen LogP contribution in [0.2, 0.25) is 0 Å². The number of carbonyl (C=O) groups excluding carboxylic acids is 1. The number of ether oxygens (including phenoxy) is 1. The Morgan fingerprint density at radius 1 is 1.26 bits per heavy atom. The minimum absolute atomic E-state index is 0.307. The zero-order chi connectivity index (χ0) is 16.9. The number of rotatable bonds is 1. The third-order valence-electron chi connectivity index (χ3n) is 6.19. The molecule has 1 heterocycles. The van der Waals surface area contributed by atoms with Gasteiger partial charge in [0.05, 0.1) is 6.54 Å². The van der Waals surface area contributed by atoms with Crippen molar-refractivity contribution in [2.75, 3.05) is 13.1 Å². The molecule has 4 aliphatic rings. The van der Waals surface area contributed by atoms with Gasteiger partial charge in [-0.15, -0.1) is 0 Å². The van der Waals surface area contributed by atoms with Crippen molar-refractivity contribution in [3.63, 3.8) is 0 Å². The van der Waals surface area contributed by atoms with Crippen molar-refractivity contribution >= 4 is 6.09 Å². The summed E-state index contributed by atoms with van der Waals surface area (Å²) in [6.07, 6.45) is 6.77. The summed E-state index contributed by atoms with van der Waals surface area (Å²) in [6.45, 7) is 6.55. The summed E-state index contributed by atoms with van der Waals surface area (Å²) in [6, 6.07) is 0. The molecule has 3 saturated carbocycles. The number of hydrogen-bond donors (Lipinski definition) is 2. The molecule has 1 aliphatic heterocycles. The lowest BCUT2D eigenvalue weighted by atomic mass is 9.54. The SMILES string of the molecule is CC(C)(C)OC(=O)N1CCCC(O)(C2(N)CC3CCC2CC3)C1. The quantitative estimate of drug-likeness (QED) is 0.777. The number of likely N-dealkylation sites (tertiary alicyclic amines) is 1. The molecule has 0 aromatic rings. The zero-order valence-electron chi connectivity index (χ0n) is 14.8. The molecule has 23 heavy (non-hydrogen) atoms. The van der Waals surface area contributed by atoms with Crippen molar-refractivity contribution in [2.45, 2.75) is 82.5 Å². The van der Waals surface area contributed by atoms with E-state index in [-0.39, 0.29) is 6.09 Å². The lowest BCUT2D eigenvalue weighted by Crippen LogP contribution is -2.73. The van der Waals surface area contributed by atoms with E-state index in [9.17, 15) is 9.90 Å². The summed E-state index contributed by atoms with van der Waals surface area (Å²) >= 11 is 0. The molecule has 4 rings (SSSR count). The third-order valence-corrected chi connectivity index (χ3v) is 6.19. The average molecular weight is 324 g/mol. The van der Waals surface area contributed by atoms with Crippen LogP contribution in [-0.4, -0.2) is 45.9 Å². The number of fused-ring (bicyclic) bond motifs is 3. The van der Waals surface area contributed by atoms with E-state index in [1.54, 1.807) is 4.90 Å². The number of carbonyl (C=O) groups is 1. The van der Waals surface area contributed by atoms with E-state index in [4.69, 9.17) is 10.5 Å². The summed E-state index contributed by atoms with van der Waals surface area (Å²) in [4.78, 5) is 14.1. The molecule has 0 aromatic heterocycles. The largest absolute Gasteiger partial charge is 0.444 e. The molecule has 3 aliphatic carbocycles. The van der Waals surface area contributed by atoms with Gasteiger partial charge in [-0.05, 0) is 64.7 Å². The number of nitrogens with two attached hydrogens (primary N) is 1. The molecule has 2 unspecified atom stereocenters.